The molecule has 0 heterocycles. The Morgan fingerprint density at radius 2 is 1.70 bits per heavy atom. The third kappa shape index (κ3) is 7.77. The van der Waals surface area contributed by atoms with E-state index < -0.39 is 9.28 Å². The van der Waals surface area contributed by atoms with Crippen LogP contribution in [-0.4, -0.2) is 22.5 Å². The van der Waals surface area contributed by atoms with Gasteiger partial charge in [0.1, 0.15) is 5.82 Å². The zero-order valence-electron chi connectivity index (χ0n) is 12.7. The Balaban J connectivity index is 2.06. The highest BCUT2D eigenvalue weighted by atomic mass is 28.3. The third-order valence-corrected chi connectivity index (χ3v) is 5.54. The van der Waals surface area contributed by atoms with E-state index in [1.807, 2.05) is 19.9 Å². The normalized spacial score (nSPS) is 11.2. The second-order valence-electron chi connectivity index (χ2n) is 4.92. The largest absolute Gasteiger partial charge is 0.397 e. The van der Waals surface area contributed by atoms with E-state index in [4.69, 9.17) is 8.85 Å². The van der Waals surface area contributed by atoms with Gasteiger partial charge in [0.05, 0.1) is 0 Å². The molecule has 0 unspecified atom stereocenters. The lowest BCUT2D eigenvalue weighted by atomic mass is 10.1. The van der Waals surface area contributed by atoms with Crippen molar-refractivity contribution in [2.24, 2.45) is 0 Å². The van der Waals surface area contributed by atoms with Gasteiger partial charge in [0.15, 0.2) is 0 Å². The average molecular weight is 298 g/mol. The maximum atomic E-state index is 13.0. The number of halogens is 1. The highest BCUT2D eigenvalue weighted by Gasteiger charge is 2.10. The van der Waals surface area contributed by atoms with Crippen LogP contribution in [0.25, 0.3) is 0 Å². The number of hydrogen-bond donors (Lipinski definition) is 0. The van der Waals surface area contributed by atoms with Gasteiger partial charge in [-0.15, -0.1) is 0 Å². The molecule has 2 nitrogen and oxygen atoms in total. The standard InChI is InChI=1S/C16H27FO2Si/c1-3-18-20(19-4-2)13-8-6-5-7-10-15-11-9-12-16(17)14-15/h9,11-12,14,20H,3-8,10,13H2,1-2H3. The molecule has 0 amide bonds. The minimum atomic E-state index is -1.40. The van der Waals surface area contributed by atoms with Crippen molar-refractivity contribution in [1.82, 2.24) is 0 Å². The number of benzene rings is 1. The molecule has 0 fully saturated rings. The van der Waals surface area contributed by atoms with Crippen LogP contribution in [0.15, 0.2) is 24.3 Å². The average Bonchev–Trinajstić information content (AvgIpc) is 2.43. The lowest BCUT2D eigenvalue weighted by Crippen LogP contribution is -2.22. The van der Waals surface area contributed by atoms with Gasteiger partial charge in [-0.25, -0.2) is 4.39 Å². The Bertz CT molecular complexity index is 354. The molecule has 4 heteroatoms. The molecule has 0 aliphatic carbocycles. The molecular weight excluding hydrogens is 271 g/mol. The fourth-order valence-corrected chi connectivity index (χ4v) is 4.07. The van der Waals surface area contributed by atoms with Crippen molar-refractivity contribution in [3.8, 4) is 0 Å². The minimum Gasteiger partial charge on any atom is -0.397 e. The van der Waals surface area contributed by atoms with E-state index in [0.29, 0.717) is 0 Å². The van der Waals surface area contributed by atoms with E-state index >= 15 is 0 Å². The molecule has 0 bridgehead atoms. The highest BCUT2D eigenvalue weighted by molar-refractivity contribution is 6.44. The third-order valence-electron chi connectivity index (χ3n) is 3.25. The summed E-state index contributed by atoms with van der Waals surface area (Å²) in [5.74, 6) is -0.134. The molecule has 1 aromatic carbocycles. The first-order valence-electron chi connectivity index (χ1n) is 7.74. The van der Waals surface area contributed by atoms with Gasteiger partial charge in [-0.2, -0.15) is 0 Å². The fourth-order valence-electron chi connectivity index (χ4n) is 2.27. The lowest BCUT2D eigenvalue weighted by molar-refractivity contribution is 0.212. The number of hydrogen-bond acceptors (Lipinski definition) is 2. The molecule has 0 aromatic heterocycles. The smallest absolute Gasteiger partial charge is 0.321 e. The second kappa shape index (κ2) is 11.0. The quantitative estimate of drug-likeness (QED) is 0.450. The SMILES string of the molecule is CCO[SiH](CCCCCCc1cccc(F)c1)OCC. The van der Waals surface area contributed by atoms with Gasteiger partial charge in [0.2, 0.25) is 0 Å². The molecular formula is C16H27FO2Si. The topological polar surface area (TPSA) is 18.5 Å². The number of aryl methyl sites for hydroxylation is 1. The molecule has 1 aromatic rings. The Morgan fingerprint density at radius 1 is 1.00 bits per heavy atom. The molecule has 0 saturated heterocycles. The van der Waals surface area contributed by atoms with Crippen LogP contribution in [0.2, 0.25) is 6.04 Å². The predicted molar refractivity (Wildman–Crippen MR) is 83.8 cm³/mol. The molecule has 0 spiro atoms. The molecule has 1 rings (SSSR count). The molecule has 0 aliphatic rings. The molecule has 0 atom stereocenters. The van der Waals surface area contributed by atoms with Gasteiger partial charge in [0, 0.05) is 13.2 Å². The Morgan fingerprint density at radius 3 is 2.35 bits per heavy atom. The zero-order chi connectivity index (χ0) is 14.6. The van der Waals surface area contributed by atoms with Crippen LogP contribution in [0.5, 0.6) is 0 Å². The van der Waals surface area contributed by atoms with E-state index in [1.54, 1.807) is 12.1 Å². The van der Waals surface area contributed by atoms with Crippen LogP contribution >= 0.6 is 0 Å². The lowest BCUT2D eigenvalue weighted by Gasteiger charge is -2.14. The Kier molecular flexibility index (Phi) is 9.54. The van der Waals surface area contributed by atoms with Crippen LogP contribution in [-0.2, 0) is 15.3 Å². The summed E-state index contributed by atoms with van der Waals surface area (Å²) < 4.78 is 24.3. The van der Waals surface area contributed by atoms with E-state index in [2.05, 4.69) is 0 Å². The van der Waals surface area contributed by atoms with E-state index in [1.165, 1.54) is 25.3 Å². The predicted octanol–water partition coefficient (Wildman–Crippen LogP) is 4.22. The van der Waals surface area contributed by atoms with Crippen molar-refractivity contribution < 1.29 is 13.2 Å². The van der Waals surface area contributed by atoms with E-state index in [-0.39, 0.29) is 5.82 Å². The first-order valence-corrected chi connectivity index (χ1v) is 9.49. The first kappa shape index (κ1) is 17.3. The number of unbranched alkanes of at least 4 members (excludes halogenated alkanes) is 3. The molecule has 0 radical (unpaired) electrons. The van der Waals surface area contributed by atoms with Crippen molar-refractivity contribution in [3.05, 3.63) is 35.6 Å². The number of rotatable bonds is 11. The van der Waals surface area contributed by atoms with Crippen molar-refractivity contribution in [2.75, 3.05) is 13.2 Å². The first-order chi connectivity index (χ1) is 9.76. The molecule has 114 valence electrons. The Labute approximate surface area is 124 Å². The van der Waals surface area contributed by atoms with Gasteiger partial charge in [0.25, 0.3) is 0 Å². The highest BCUT2D eigenvalue weighted by Crippen LogP contribution is 2.12. The molecule has 0 aliphatic heterocycles. The van der Waals surface area contributed by atoms with Crippen LogP contribution < -0.4 is 0 Å². The summed E-state index contributed by atoms with van der Waals surface area (Å²) in [5, 5.41) is 0. The van der Waals surface area contributed by atoms with Gasteiger partial charge < -0.3 is 8.85 Å². The van der Waals surface area contributed by atoms with Crippen LogP contribution in [0.1, 0.15) is 45.1 Å². The molecule has 20 heavy (non-hydrogen) atoms. The fraction of sp³-hybridized carbons (Fsp3) is 0.625. The summed E-state index contributed by atoms with van der Waals surface area (Å²) in [6, 6.07) is 8.01. The maximum Gasteiger partial charge on any atom is 0.321 e. The maximum absolute atomic E-state index is 13.0. The Hall–Kier alpha value is -0.713. The van der Waals surface area contributed by atoms with E-state index in [0.717, 1.165) is 37.7 Å². The van der Waals surface area contributed by atoms with Crippen molar-refractivity contribution in [1.29, 1.82) is 0 Å². The van der Waals surface area contributed by atoms with Crippen molar-refractivity contribution >= 4 is 9.28 Å². The van der Waals surface area contributed by atoms with Crippen LogP contribution in [0, 0.1) is 5.82 Å². The minimum absolute atomic E-state index is 0.134. The van der Waals surface area contributed by atoms with Gasteiger partial charge >= 0.3 is 9.28 Å². The van der Waals surface area contributed by atoms with Crippen LogP contribution in [0.3, 0.4) is 0 Å². The monoisotopic (exact) mass is 298 g/mol. The molecule has 0 N–H and O–H groups in total. The van der Waals surface area contributed by atoms with Crippen LogP contribution in [0.4, 0.5) is 4.39 Å². The van der Waals surface area contributed by atoms with E-state index in [9.17, 15) is 4.39 Å². The van der Waals surface area contributed by atoms with Gasteiger partial charge in [-0.3, -0.25) is 0 Å². The van der Waals surface area contributed by atoms with Crippen molar-refractivity contribution in [2.45, 2.75) is 52.0 Å². The summed E-state index contributed by atoms with van der Waals surface area (Å²) in [6.45, 7) is 5.57. The molecule has 0 saturated carbocycles. The summed E-state index contributed by atoms with van der Waals surface area (Å²) >= 11 is 0. The second-order valence-corrected chi connectivity index (χ2v) is 7.03. The summed E-state index contributed by atoms with van der Waals surface area (Å²) in [4.78, 5) is 0. The zero-order valence-corrected chi connectivity index (χ0v) is 13.9. The van der Waals surface area contributed by atoms with Gasteiger partial charge in [-0.05, 0) is 50.4 Å². The van der Waals surface area contributed by atoms with Gasteiger partial charge in [-0.1, -0.05) is 31.4 Å². The summed E-state index contributed by atoms with van der Waals surface area (Å²) in [6.07, 6.45) is 5.67. The van der Waals surface area contributed by atoms with Crippen molar-refractivity contribution in [3.63, 3.8) is 0 Å². The summed E-state index contributed by atoms with van der Waals surface area (Å²) in [5.41, 5.74) is 1.10. The summed E-state index contributed by atoms with van der Waals surface area (Å²) in [7, 11) is -1.40.